The van der Waals surface area contributed by atoms with Gasteiger partial charge in [0, 0.05) is 18.2 Å². The molecule has 1 amide bonds. The van der Waals surface area contributed by atoms with Gasteiger partial charge in [0.2, 0.25) is 5.91 Å². The van der Waals surface area contributed by atoms with Crippen molar-refractivity contribution >= 4 is 11.6 Å². The van der Waals surface area contributed by atoms with Gasteiger partial charge in [-0.2, -0.15) is 0 Å². The lowest BCUT2D eigenvalue weighted by Crippen LogP contribution is -2.35. The monoisotopic (exact) mass is 234 g/mol. The normalized spacial score (nSPS) is 14.4. The summed E-state index contributed by atoms with van der Waals surface area (Å²) in [5.41, 5.74) is 6.86. The first-order valence-electron chi connectivity index (χ1n) is 6.11. The summed E-state index contributed by atoms with van der Waals surface area (Å²) in [6, 6.07) is 9.55. The van der Waals surface area contributed by atoms with Crippen molar-refractivity contribution < 1.29 is 4.79 Å². The van der Waals surface area contributed by atoms with Gasteiger partial charge in [0.15, 0.2) is 0 Å². The minimum absolute atomic E-state index is 0.0276. The van der Waals surface area contributed by atoms with Crippen LogP contribution in [0.4, 0.5) is 5.69 Å². The highest BCUT2D eigenvalue weighted by atomic mass is 16.1. The van der Waals surface area contributed by atoms with Crippen LogP contribution < -0.4 is 11.1 Å². The molecule has 2 atom stereocenters. The fourth-order valence-corrected chi connectivity index (χ4v) is 1.82. The molecule has 0 spiro atoms. The van der Waals surface area contributed by atoms with Crippen molar-refractivity contribution in [3.63, 3.8) is 0 Å². The number of benzene rings is 1. The standard InChI is InChI=1S/C14H22N2O/c1-10(2)14(15)11(3)9-13(17)16-12-7-5-4-6-8-12/h4-8,10-11,14H,9,15H2,1-3H3,(H,16,17). The third-order valence-electron chi connectivity index (χ3n) is 2.99. The quantitative estimate of drug-likeness (QED) is 0.823. The topological polar surface area (TPSA) is 55.1 Å². The molecule has 1 aromatic carbocycles. The molecule has 0 fully saturated rings. The number of amides is 1. The Morgan fingerprint density at radius 1 is 1.24 bits per heavy atom. The first-order chi connectivity index (χ1) is 8.00. The van der Waals surface area contributed by atoms with Crippen LogP contribution in [0.15, 0.2) is 30.3 Å². The lowest BCUT2D eigenvalue weighted by atomic mass is 9.90. The predicted octanol–water partition coefficient (Wildman–Crippen LogP) is 2.63. The maximum atomic E-state index is 11.8. The summed E-state index contributed by atoms with van der Waals surface area (Å²) in [5, 5.41) is 2.87. The summed E-state index contributed by atoms with van der Waals surface area (Å²) >= 11 is 0. The first kappa shape index (κ1) is 13.7. The van der Waals surface area contributed by atoms with Crippen molar-refractivity contribution in [2.24, 2.45) is 17.6 Å². The summed E-state index contributed by atoms with van der Waals surface area (Å²) < 4.78 is 0. The van der Waals surface area contributed by atoms with Crippen LogP contribution in [0.5, 0.6) is 0 Å². The van der Waals surface area contributed by atoms with Crippen molar-refractivity contribution in [2.45, 2.75) is 33.2 Å². The van der Waals surface area contributed by atoms with Gasteiger partial charge < -0.3 is 11.1 Å². The zero-order valence-electron chi connectivity index (χ0n) is 10.8. The second-order valence-electron chi connectivity index (χ2n) is 4.92. The van der Waals surface area contributed by atoms with E-state index in [0.29, 0.717) is 12.3 Å². The fourth-order valence-electron chi connectivity index (χ4n) is 1.82. The first-order valence-corrected chi connectivity index (χ1v) is 6.11. The molecule has 17 heavy (non-hydrogen) atoms. The molecule has 3 N–H and O–H groups in total. The summed E-state index contributed by atoms with van der Waals surface area (Å²) in [6.07, 6.45) is 0.467. The number of rotatable bonds is 5. The molecule has 94 valence electrons. The van der Waals surface area contributed by atoms with Gasteiger partial charge in [-0.25, -0.2) is 0 Å². The van der Waals surface area contributed by atoms with E-state index in [4.69, 9.17) is 5.73 Å². The molecule has 0 bridgehead atoms. The van der Waals surface area contributed by atoms with Gasteiger partial charge in [-0.05, 0) is 24.0 Å². The predicted molar refractivity (Wildman–Crippen MR) is 71.7 cm³/mol. The number of para-hydroxylation sites is 1. The zero-order valence-corrected chi connectivity index (χ0v) is 10.8. The Morgan fingerprint density at radius 2 is 1.82 bits per heavy atom. The van der Waals surface area contributed by atoms with Crippen molar-refractivity contribution in [1.82, 2.24) is 0 Å². The van der Waals surface area contributed by atoms with E-state index in [1.165, 1.54) is 0 Å². The third kappa shape index (κ3) is 4.57. The van der Waals surface area contributed by atoms with Gasteiger partial charge in [-0.3, -0.25) is 4.79 Å². The summed E-state index contributed by atoms with van der Waals surface area (Å²) in [7, 11) is 0. The number of carbonyl (C=O) groups is 1. The molecule has 0 radical (unpaired) electrons. The average Bonchev–Trinajstić information content (AvgIpc) is 2.28. The Hall–Kier alpha value is -1.35. The second-order valence-corrected chi connectivity index (χ2v) is 4.92. The van der Waals surface area contributed by atoms with E-state index in [1.807, 2.05) is 37.3 Å². The lowest BCUT2D eigenvalue weighted by molar-refractivity contribution is -0.117. The van der Waals surface area contributed by atoms with Crippen LogP contribution >= 0.6 is 0 Å². The van der Waals surface area contributed by atoms with Crippen molar-refractivity contribution in [3.05, 3.63) is 30.3 Å². The Balaban J connectivity index is 2.45. The van der Waals surface area contributed by atoms with Crippen molar-refractivity contribution in [1.29, 1.82) is 0 Å². The molecular formula is C14H22N2O. The van der Waals surface area contributed by atoms with Gasteiger partial charge in [0.25, 0.3) is 0 Å². The summed E-state index contributed by atoms with van der Waals surface area (Å²) in [5.74, 6) is 0.619. The minimum atomic E-state index is 0.0276. The fraction of sp³-hybridized carbons (Fsp3) is 0.500. The number of hydrogen-bond donors (Lipinski definition) is 2. The van der Waals surface area contributed by atoms with Gasteiger partial charge in [-0.1, -0.05) is 39.0 Å². The molecule has 2 unspecified atom stereocenters. The molecule has 0 aromatic heterocycles. The summed E-state index contributed by atoms with van der Waals surface area (Å²) in [4.78, 5) is 11.8. The van der Waals surface area contributed by atoms with Crippen LogP contribution in [0.3, 0.4) is 0 Å². The highest BCUT2D eigenvalue weighted by molar-refractivity contribution is 5.90. The van der Waals surface area contributed by atoms with Crippen LogP contribution in [0, 0.1) is 11.8 Å². The lowest BCUT2D eigenvalue weighted by Gasteiger charge is -2.22. The SMILES string of the molecule is CC(C)C(N)C(C)CC(=O)Nc1ccccc1. The molecule has 3 nitrogen and oxygen atoms in total. The molecule has 0 aliphatic heterocycles. The van der Waals surface area contributed by atoms with Crippen LogP contribution in [-0.4, -0.2) is 11.9 Å². The van der Waals surface area contributed by atoms with E-state index >= 15 is 0 Å². The molecule has 0 aliphatic carbocycles. The number of hydrogen-bond acceptors (Lipinski definition) is 2. The van der Waals surface area contributed by atoms with Gasteiger partial charge in [0.1, 0.15) is 0 Å². The van der Waals surface area contributed by atoms with Crippen LogP contribution in [0.1, 0.15) is 27.2 Å². The van der Waals surface area contributed by atoms with Crippen LogP contribution in [-0.2, 0) is 4.79 Å². The Kier molecular flexibility index (Phi) is 5.16. The molecular weight excluding hydrogens is 212 g/mol. The number of nitrogens with one attached hydrogen (secondary N) is 1. The van der Waals surface area contributed by atoms with E-state index in [9.17, 15) is 4.79 Å². The Labute approximate surface area is 103 Å². The highest BCUT2D eigenvalue weighted by Gasteiger charge is 2.19. The Bertz CT molecular complexity index is 348. The van der Waals surface area contributed by atoms with E-state index in [0.717, 1.165) is 5.69 Å². The molecule has 1 rings (SSSR count). The average molecular weight is 234 g/mol. The van der Waals surface area contributed by atoms with Crippen molar-refractivity contribution in [2.75, 3.05) is 5.32 Å². The largest absolute Gasteiger partial charge is 0.327 e. The molecule has 0 saturated heterocycles. The van der Waals surface area contributed by atoms with Gasteiger partial charge in [-0.15, -0.1) is 0 Å². The molecule has 0 saturated carbocycles. The molecule has 3 heteroatoms. The van der Waals surface area contributed by atoms with E-state index in [-0.39, 0.29) is 17.9 Å². The third-order valence-corrected chi connectivity index (χ3v) is 2.99. The minimum Gasteiger partial charge on any atom is -0.327 e. The summed E-state index contributed by atoms with van der Waals surface area (Å²) in [6.45, 7) is 6.18. The van der Waals surface area contributed by atoms with E-state index < -0.39 is 0 Å². The Morgan fingerprint density at radius 3 is 2.35 bits per heavy atom. The maximum absolute atomic E-state index is 11.8. The number of anilines is 1. The zero-order chi connectivity index (χ0) is 12.8. The van der Waals surface area contributed by atoms with Gasteiger partial charge in [0.05, 0.1) is 0 Å². The van der Waals surface area contributed by atoms with E-state index in [1.54, 1.807) is 0 Å². The second kappa shape index (κ2) is 6.40. The highest BCUT2D eigenvalue weighted by Crippen LogP contribution is 2.15. The smallest absolute Gasteiger partial charge is 0.224 e. The molecule has 1 aromatic rings. The molecule has 0 heterocycles. The van der Waals surface area contributed by atoms with E-state index in [2.05, 4.69) is 19.2 Å². The van der Waals surface area contributed by atoms with Crippen molar-refractivity contribution in [3.8, 4) is 0 Å². The number of carbonyl (C=O) groups excluding carboxylic acids is 1. The van der Waals surface area contributed by atoms with Crippen LogP contribution in [0.2, 0.25) is 0 Å². The van der Waals surface area contributed by atoms with Crippen LogP contribution in [0.25, 0.3) is 0 Å². The van der Waals surface area contributed by atoms with Gasteiger partial charge >= 0.3 is 0 Å². The molecule has 0 aliphatic rings. The number of nitrogens with two attached hydrogens (primary N) is 1. The maximum Gasteiger partial charge on any atom is 0.224 e.